The highest BCUT2D eigenvalue weighted by atomic mass is 32.2. The fourth-order valence-corrected chi connectivity index (χ4v) is 4.73. The third-order valence-corrected chi connectivity index (χ3v) is 7.43. The Balaban J connectivity index is 1.50. The Hall–Kier alpha value is -3.27. The third kappa shape index (κ3) is 7.61. The van der Waals surface area contributed by atoms with E-state index in [0.29, 0.717) is 11.4 Å². The van der Waals surface area contributed by atoms with Crippen molar-refractivity contribution in [2.24, 2.45) is 0 Å². The number of benzene rings is 3. The van der Waals surface area contributed by atoms with E-state index in [1.165, 1.54) is 22.0 Å². The molecule has 0 aliphatic carbocycles. The van der Waals surface area contributed by atoms with E-state index in [0.717, 1.165) is 5.56 Å². The lowest BCUT2D eigenvalue weighted by atomic mass is 9.87. The number of nitrogens with zero attached hydrogens (tertiary/aromatic N) is 1. The Kier molecular flexibility index (Phi) is 8.84. The maximum absolute atomic E-state index is 12.9. The molecule has 0 aliphatic rings. The molecule has 1 amide bonds. The first kappa shape index (κ1) is 27.3. The number of hydrogen-bond acceptors (Lipinski definition) is 5. The average molecular weight is 526 g/mol. The molecule has 7 nitrogen and oxygen atoms in total. The smallest absolute Gasteiger partial charge is 0.264 e. The molecular weight excluding hydrogens is 494 g/mol. The summed E-state index contributed by atoms with van der Waals surface area (Å²) < 4.78 is 32.6. The summed E-state index contributed by atoms with van der Waals surface area (Å²) >= 11 is 5.20. The predicted molar refractivity (Wildman–Crippen MR) is 147 cm³/mol. The monoisotopic (exact) mass is 525 g/mol. The molecule has 190 valence electrons. The normalized spacial score (nSPS) is 11.7. The summed E-state index contributed by atoms with van der Waals surface area (Å²) in [5.74, 6) is 0.181. The molecule has 9 heteroatoms. The fourth-order valence-electron chi connectivity index (χ4n) is 3.34. The van der Waals surface area contributed by atoms with Gasteiger partial charge in [0.25, 0.3) is 5.91 Å². The molecule has 3 aromatic carbocycles. The molecule has 0 spiro atoms. The molecule has 0 fully saturated rings. The largest absolute Gasteiger partial charge is 0.484 e. The molecule has 0 saturated heterocycles. The maximum atomic E-state index is 12.9. The van der Waals surface area contributed by atoms with Crippen molar-refractivity contribution in [2.45, 2.75) is 37.6 Å². The van der Waals surface area contributed by atoms with Gasteiger partial charge in [-0.2, -0.15) is 4.31 Å². The Bertz CT molecular complexity index is 1290. The summed E-state index contributed by atoms with van der Waals surface area (Å²) in [4.78, 5) is 12.4. The predicted octanol–water partition coefficient (Wildman–Crippen LogP) is 4.70. The van der Waals surface area contributed by atoms with Crippen LogP contribution in [0.5, 0.6) is 5.75 Å². The van der Waals surface area contributed by atoms with E-state index in [2.05, 4.69) is 31.4 Å². The van der Waals surface area contributed by atoms with E-state index in [-0.39, 0.29) is 28.6 Å². The van der Waals surface area contributed by atoms with Gasteiger partial charge in [0.1, 0.15) is 5.75 Å². The van der Waals surface area contributed by atoms with Gasteiger partial charge in [-0.1, -0.05) is 63.2 Å². The summed E-state index contributed by atoms with van der Waals surface area (Å²) in [7, 11) is -2.12. The van der Waals surface area contributed by atoms with E-state index in [1.807, 2.05) is 54.6 Å². The molecule has 36 heavy (non-hydrogen) atoms. The van der Waals surface area contributed by atoms with Crippen molar-refractivity contribution in [3.8, 4) is 5.75 Å². The molecule has 0 saturated carbocycles. The van der Waals surface area contributed by atoms with Crippen molar-refractivity contribution in [1.29, 1.82) is 0 Å². The van der Waals surface area contributed by atoms with E-state index in [9.17, 15) is 13.2 Å². The number of amides is 1. The first-order valence-electron chi connectivity index (χ1n) is 11.4. The minimum Gasteiger partial charge on any atom is -0.484 e. The van der Waals surface area contributed by atoms with E-state index >= 15 is 0 Å². The lowest BCUT2D eigenvalue weighted by molar-refractivity contribution is -0.121. The number of carbonyl (C=O) groups is 1. The molecule has 0 bridgehead atoms. The summed E-state index contributed by atoms with van der Waals surface area (Å²) in [5.41, 5.74) is 2.65. The number of ether oxygens (including phenoxy) is 1. The zero-order valence-electron chi connectivity index (χ0n) is 20.8. The van der Waals surface area contributed by atoms with E-state index in [4.69, 9.17) is 17.0 Å². The van der Waals surface area contributed by atoms with Gasteiger partial charge in [0.05, 0.1) is 4.90 Å². The zero-order valence-corrected chi connectivity index (χ0v) is 22.4. The number of nitrogens with one attached hydrogen (secondary N) is 2. The highest BCUT2D eigenvalue weighted by Gasteiger charge is 2.21. The van der Waals surface area contributed by atoms with Crippen molar-refractivity contribution in [3.63, 3.8) is 0 Å². The van der Waals surface area contributed by atoms with Gasteiger partial charge in [0, 0.05) is 19.3 Å². The van der Waals surface area contributed by atoms with Crippen LogP contribution in [0, 0.1) is 0 Å². The SMILES string of the molecule is CN(Cc1ccccc1)S(=O)(=O)c1ccc(NC(=S)NC(=O)COc2ccc(C(C)(C)C)cc2)cc1. The van der Waals surface area contributed by atoms with Gasteiger partial charge in [-0.15, -0.1) is 0 Å². The summed E-state index contributed by atoms with van der Waals surface area (Å²) in [6.07, 6.45) is 0. The van der Waals surface area contributed by atoms with Crippen LogP contribution in [0.4, 0.5) is 5.69 Å². The standard InChI is InChI=1S/C27H31N3O4S2/c1-27(2,3)21-10-14-23(15-11-21)34-19-25(31)29-26(35)28-22-12-16-24(17-13-22)36(32,33)30(4)18-20-8-6-5-7-9-20/h5-17H,18-19H2,1-4H3,(H2,28,29,31,35). The van der Waals surface area contributed by atoms with Crippen LogP contribution >= 0.6 is 12.2 Å². The van der Waals surface area contributed by atoms with Gasteiger partial charge in [0.15, 0.2) is 11.7 Å². The van der Waals surface area contributed by atoms with E-state index in [1.54, 1.807) is 19.2 Å². The van der Waals surface area contributed by atoms with Gasteiger partial charge >= 0.3 is 0 Å². The second-order valence-electron chi connectivity index (χ2n) is 9.34. The van der Waals surface area contributed by atoms with Gasteiger partial charge in [-0.05, 0) is 65.2 Å². The fraction of sp³-hybridized carbons (Fsp3) is 0.259. The number of anilines is 1. The van der Waals surface area contributed by atoms with Gasteiger partial charge in [-0.3, -0.25) is 10.1 Å². The van der Waals surface area contributed by atoms with Crippen molar-refractivity contribution >= 4 is 38.9 Å². The van der Waals surface area contributed by atoms with Crippen molar-refractivity contribution in [1.82, 2.24) is 9.62 Å². The minimum atomic E-state index is -3.66. The topological polar surface area (TPSA) is 87.7 Å². The Labute approximate surface area is 218 Å². The molecular formula is C27H31N3O4S2. The number of hydrogen-bond donors (Lipinski definition) is 2. The van der Waals surface area contributed by atoms with Crippen LogP contribution in [0.2, 0.25) is 0 Å². The maximum Gasteiger partial charge on any atom is 0.264 e. The number of sulfonamides is 1. The Morgan fingerprint density at radius 3 is 2.14 bits per heavy atom. The molecule has 3 rings (SSSR count). The second-order valence-corrected chi connectivity index (χ2v) is 11.8. The summed E-state index contributed by atoms with van der Waals surface area (Å²) in [6, 6.07) is 23.2. The number of rotatable bonds is 8. The first-order valence-corrected chi connectivity index (χ1v) is 13.2. The van der Waals surface area contributed by atoms with Crippen LogP contribution in [0.15, 0.2) is 83.8 Å². The average Bonchev–Trinajstić information content (AvgIpc) is 2.83. The highest BCUT2D eigenvalue weighted by molar-refractivity contribution is 7.89. The Morgan fingerprint density at radius 2 is 1.56 bits per heavy atom. The summed E-state index contributed by atoms with van der Waals surface area (Å²) in [5, 5.41) is 5.52. The van der Waals surface area contributed by atoms with Gasteiger partial charge in [-0.25, -0.2) is 8.42 Å². The zero-order chi connectivity index (χ0) is 26.3. The van der Waals surface area contributed by atoms with Crippen LogP contribution in [0.25, 0.3) is 0 Å². The lowest BCUT2D eigenvalue weighted by Crippen LogP contribution is -2.37. The van der Waals surface area contributed by atoms with Gasteiger partial charge in [0.2, 0.25) is 10.0 Å². The molecule has 0 unspecified atom stereocenters. The highest BCUT2D eigenvalue weighted by Crippen LogP contribution is 2.24. The van der Waals surface area contributed by atoms with E-state index < -0.39 is 15.9 Å². The number of carbonyl (C=O) groups excluding carboxylic acids is 1. The second kappa shape index (κ2) is 11.6. The van der Waals surface area contributed by atoms with Crippen LogP contribution in [0.1, 0.15) is 31.9 Å². The summed E-state index contributed by atoms with van der Waals surface area (Å²) in [6.45, 7) is 6.45. The quantitative estimate of drug-likeness (QED) is 0.415. The van der Waals surface area contributed by atoms with Gasteiger partial charge < -0.3 is 10.1 Å². The lowest BCUT2D eigenvalue weighted by Gasteiger charge is -2.19. The van der Waals surface area contributed by atoms with Crippen LogP contribution in [0.3, 0.4) is 0 Å². The van der Waals surface area contributed by atoms with Crippen LogP contribution in [-0.2, 0) is 26.8 Å². The molecule has 0 heterocycles. The Morgan fingerprint density at radius 1 is 0.944 bits per heavy atom. The number of thiocarbonyl (C=S) groups is 1. The molecule has 0 aliphatic heterocycles. The van der Waals surface area contributed by atoms with Crippen molar-refractivity contribution in [2.75, 3.05) is 19.0 Å². The molecule has 0 aromatic heterocycles. The van der Waals surface area contributed by atoms with Crippen LogP contribution in [-0.4, -0.2) is 37.4 Å². The van der Waals surface area contributed by atoms with Crippen molar-refractivity contribution in [3.05, 3.63) is 90.0 Å². The first-order chi connectivity index (χ1) is 16.9. The molecule has 2 N–H and O–H groups in total. The van der Waals surface area contributed by atoms with Crippen LogP contribution < -0.4 is 15.4 Å². The minimum absolute atomic E-state index is 0.0359. The molecule has 3 aromatic rings. The molecule has 0 atom stereocenters. The molecule has 0 radical (unpaired) electrons. The van der Waals surface area contributed by atoms with Crippen molar-refractivity contribution < 1.29 is 17.9 Å². The third-order valence-electron chi connectivity index (χ3n) is 5.41.